The quantitative estimate of drug-likeness (QED) is 0.858. The number of oxazole rings is 1. The van der Waals surface area contributed by atoms with Gasteiger partial charge in [0.25, 0.3) is 0 Å². The zero-order valence-electron chi connectivity index (χ0n) is 9.01. The zero-order chi connectivity index (χ0) is 11.5. The third-order valence-electron chi connectivity index (χ3n) is 2.68. The molecule has 0 saturated carbocycles. The van der Waals surface area contributed by atoms with Gasteiger partial charge < -0.3 is 9.52 Å². The van der Waals surface area contributed by atoms with Gasteiger partial charge in [-0.25, -0.2) is 4.98 Å². The highest BCUT2D eigenvalue weighted by Gasteiger charge is 2.10. The van der Waals surface area contributed by atoms with Crippen molar-refractivity contribution in [2.24, 2.45) is 5.92 Å². The number of hydrogen-bond donors (Lipinski definition) is 1. The average Bonchev–Trinajstić information content (AvgIpc) is 2.72. The van der Waals surface area contributed by atoms with Gasteiger partial charge in [0.15, 0.2) is 12.0 Å². The molecule has 0 fully saturated rings. The SMILES string of the molecule is CC(CCc1ccc2ncoc2c1)C(=O)O. The van der Waals surface area contributed by atoms with Crippen molar-refractivity contribution in [3.63, 3.8) is 0 Å². The largest absolute Gasteiger partial charge is 0.481 e. The molecular weight excluding hydrogens is 206 g/mol. The second-order valence-corrected chi connectivity index (χ2v) is 3.93. The topological polar surface area (TPSA) is 63.3 Å². The van der Waals surface area contributed by atoms with Crippen molar-refractivity contribution < 1.29 is 14.3 Å². The van der Waals surface area contributed by atoms with Crippen molar-refractivity contribution in [1.82, 2.24) is 4.98 Å². The Labute approximate surface area is 92.9 Å². The first-order valence-electron chi connectivity index (χ1n) is 5.22. The smallest absolute Gasteiger partial charge is 0.306 e. The van der Waals surface area contributed by atoms with Crippen molar-refractivity contribution in [3.05, 3.63) is 30.2 Å². The molecule has 0 saturated heterocycles. The normalized spacial score (nSPS) is 12.8. The molecule has 0 aliphatic carbocycles. The number of fused-ring (bicyclic) bond motifs is 1. The van der Waals surface area contributed by atoms with E-state index in [-0.39, 0.29) is 5.92 Å². The Bertz CT molecular complexity index is 504. The highest BCUT2D eigenvalue weighted by atomic mass is 16.4. The van der Waals surface area contributed by atoms with Gasteiger partial charge in [-0.3, -0.25) is 4.79 Å². The fourth-order valence-corrected chi connectivity index (χ4v) is 1.56. The Morgan fingerprint density at radius 1 is 1.56 bits per heavy atom. The van der Waals surface area contributed by atoms with E-state index in [1.165, 1.54) is 6.39 Å². The minimum absolute atomic E-state index is 0.314. The van der Waals surface area contributed by atoms with E-state index in [2.05, 4.69) is 4.98 Å². The lowest BCUT2D eigenvalue weighted by molar-refractivity contribution is -0.141. The molecule has 2 rings (SSSR count). The first kappa shape index (κ1) is 10.7. The second-order valence-electron chi connectivity index (χ2n) is 3.93. The van der Waals surface area contributed by atoms with E-state index in [9.17, 15) is 4.79 Å². The van der Waals surface area contributed by atoms with Crippen LogP contribution >= 0.6 is 0 Å². The van der Waals surface area contributed by atoms with E-state index in [0.717, 1.165) is 23.1 Å². The van der Waals surface area contributed by atoms with Gasteiger partial charge in [0.1, 0.15) is 5.52 Å². The Morgan fingerprint density at radius 2 is 2.38 bits per heavy atom. The average molecular weight is 219 g/mol. The fraction of sp³-hybridized carbons (Fsp3) is 0.333. The van der Waals surface area contributed by atoms with Crippen molar-refractivity contribution in [3.8, 4) is 0 Å². The molecule has 0 radical (unpaired) electrons. The molecule has 1 unspecified atom stereocenters. The van der Waals surface area contributed by atoms with Crippen LogP contribution in [0.2, 0.25) is 0 Å². The maximum atomic E-state index is 10.7. The Morgan fingerprint density at radius 3 is 3.12 bits per heavy atom. The minimum atomic E-state index is -0.749. The van der Waals surface area contributed by atoms with Crippen LogP contribution in [0.5, 0.6) is 0 Å². The Balaban J connectivity index is 2.06. The summed E-state index contributed by atoms with van der Waals surface area (Å²) < 4.78 is 5.19. The number of aromatic nitrogens is 1. The molecule has 4 heteroatoms. The van der Waals surface area contributed by atoms with Crippen LogP contribution in [0.25, 0.3) is 11.1 Å². The predicted octanol–water partition coefficient (Wildman–Crippen LogP) is 2.48. The van der Waals surface area contributed by atoms with Crippen molar-refractivity contribution in [1.29, 1.82) is 0 Å². The van der Waals surface area contributed by atoms with Gasteiger partial charge in [-0.2, -0.15) is 0 Å². The molecule has 1 N–H and O–H groups in total. The number of nitrogens with zero attached hydrogens (tertiary/aromatic N) is 1. The molecule has 1 aromatic heterocycles. The van der Waals surface area contributed by atoms with Crippen LogP contribution in [-0.4, -0.2) is 16.1 Å². The summed E-state index contributed by atoms with van der Waals surface area (Å²) in [5.41, 5.74) is 2.66. The molecule has 84 valence electrons. The molecule has 2 aromatic rings. The first-order chi connectivity index (χ1) is 7.66. The van der Waals surface area contributed by atoms with Crippen LogP contribution in [-0.2, 0) is 11.2 Å². The molecule has 1 heterocycles. The lowest BCUT2D eigenvalue weighted by Crippen LogP contribution is -2.10. The predicted molar refractivity (Wildman–Crippen MR) is 59.1 cm³/mol. The molecule has 16 heavy (non-hydrogen) atoms. The minimum Gasteiger partial charge on any atom is -0.481 e. The lowest BCUT2D eigenvalue weighted by Gasteiger charge is -2.05. The highest BCUT2D eigenvalue weighted by Crippen LogP contribution is 2.16. The van der Waals surface area contributed by atoms with Gasteiger partial charge in [-0.15, -0.1) is 0 Å². The first-order valence-corrected chi connectivity index (χ1v) is 5.22. The standard InChI is InChI=1S/C12H13NO3/c1-8(12(14)15)2-3-9-4-5-10-11(6-9)16-7-13-10/h4-8H,2-3H2,1H3,(H,14,15). The maximum Gasteiger partial charge on any atom is 0.306 e. The molecule has 0 spiro atoms. The third-order valence-corrected chi connectivity index (χ3v) is 2.68. The van der Waals surface area contributed by atoms with Crippen LogP contribution < -0.4 is 0 Å². The second kappa shape index (κ2) is 4.35. The molecule has 0 aliphatic rings. The van der Waals surface area contributed by atoms with Crippen molar-refractivity contribution in [2.75, 3.05) is 0 Å². The summed E-state index contributed by atoms with van der Waals surface area (Å²) in [5, 5.41) is 8.77. The fourth-order valence-electron chi connectivity index (χ4n) is 1.56. The molecule has 1 aromatic carbocycles. The van der Waals surface area contributed by atoms with E-state index in [0.29, 0.717) is 6.42 Å². The Kier molecular flexibility index (Phi) is 2.90. The number of carboxylic acids is 1. The maximum absolute atomic E-state index is 10.7. The van der Waals surface area contributed by atoms with Crippen molar-refractivity contribution >= 4 is 17.1 Å². The number of aliphatic carboxylic acids is 1. The molecule has 0 aliphatic heterocycles. The Hall–Kier alpha value is -1.84. The summed E-state index contributed by atoms with van der Waals surface area (Å²) in [4.78, 5) is 14.7. The number of carbonyl (C=O) groups is 1. The summed E-state index contributed by atoms with van der Waals surface area (Å²) in [6, 6.07) is 5.76. The molecule has 0 bridgehead atoms. The number of carboxylic acid groups (broad SMARTS) is 1. The number of aryl methyl sites for hydroxylation is 1. The van der Waals surface area contributed by atoms with Gasteiger partial charge in [-0.05, 0) is 30.5 Å². The highest BCUT2D eigenvalue weighted by molar-refractivity contribution is 5.73. The van der Waals surface area contributed by atoms with Crippen LogP contribution in [0.15, 0.2) is 29.0 Å². The van der Waals surface area contributed by atoms with Crippen molar-refractivity contribution in [2.45, 2.75) is 19.8 Å². The summed E-state index contributed by atoms with van der Waals surface area (Å²) in [7, 11) is 0. The van der Waals surface area contributed by atoms with Gasteiger partial charge in [-0.1, -0.05) is 13.0 Å². The van der Waals surface area contributed by atoms with Crippen LogP contribution in [0.4, 0.5) is 0 Å². The van der Waals surface area contributed by atoms with E-state index < -0.39 is 5.97 Å². The van der Waals surface area contributed by atoms with Gasteiger partial charge in [0.05, 0.1) is 5.92 Å². The molecule has 4 nitrogen and oxygen atoms in total. The van der Waals surface area contributed by atoms with Gasteiger partial charge in [0.2, 0.25) is 0 Å². The summed E-state index contributed by atoms with van der Waals surface area (Å²) in [5.74, 6) is -1.06. The molecule has 0 amide bonds. The summed E-state index contributed by atoms with van der Waals surface area (Å²) in [6.07, 6.45) is 2.79. The van der Waals surface area contributed by atoms with E-state index >= 15 is 0 Å². The van der Waals surface area contributed by atoms with Gasteiger partial charge >= 0.3 is 5.97 Å². The van der Waals surface area contributed by atoms with Crippen LogP contribution in [0, 0.1) is 5.92 Å². The lowest BCUT2D eigenvalue weighted by atomic mass is 10.0. The number of benzene rings is 1. The van der Waals surface area contributed by atoms with Crippen LogP contribution in [0.3, 0.4) is 0 Å². The third kappa shape index (κ3) is 2.21. The van der Waals surface area contributed by atoms with Gasteiger partial charge in [0, 0.05) is 0 Å². The van der Waals surface area contributed by atoms with E-state index in [4.69, 9.17) is 9.52 Å². The van der Waals surface area contributed by atoms with E-state index in [1.807, 2.05) is 18.2 Å². The monoisotopic (exact) mass is 219 g/mol. The van der Waals surface area contributed by atoms with E-state index in [1.54, 1.807) is 6.92 Å². The molecular formula is C12H13NO3. The van der Waals surface area contributed by atoms with Crippen LogP contribution in [0.1, 0.15) is 18.9 Å². The summed E-state index contributed by atoms with van der Waals surface area (Å²) in [6.45, 7) is 1.72. The zero-order valence-corrected chi connectivity index (χ0v) is 9.01. The number of hydrogen-bond acceptors (Lipinski definition) is 3. The summed E-state index contributed by atoms with van der Waals surface area (Å²) >= 11 is 0. The number of rotatable bonds is 4. The molecule has 1 atom stereocenters.